The Kier molecular flexibility index (Phi) is 3.19. The van der Waals surface area contributed by atoms with Crippen LogP contribution in [0.1, 0.15) is 12.8 Å². The van der Waals surface area contributed by atoms with Crippen LogP contribution in [0.15, 0.2) is 53.0 Å². The van der Waals surface area contributed by atoms with E-state index in [1.165, 1.54) is 12.8 Å². The Morgan fingerprint density at radius 2 is 1.86 bits per heavy atom. The van der Waals surface area contributed by atoms with E-state index in [9.17, 15) is 0 Å². The minimum Gasteiger partial charge on any atom is -0.355 e. The molecule has 1 aliphatic carbocycles. The number of halogens is 1. The number of hydrogen-bond donors (Lipinski definition) is 1. The van der Waals surface area contributed by atoms with Crippen molar-refractivity contribution >= 4 is 32.9 Å². The zero-order valence-corrected chi connectivity index (χ0v) is 13.2. The molecule has 4 rings (SSSR count). The second kappa shape index (κ2) is 5.19. The molecule has 0 amide bonds. The Morgan fingerprint density at radius 3 is 2.62 bits per heavy atom. The van der Waals surface area contributed by atoms with Gasteiger partial charge in [-0.1, -0.05) is 28.1 Å². The summed E-state index contributed by atoms with van der Waals surface area (Å²) >= 11 is 3.49. The van der Waals surface area contributed by atoms with Gasteiger partial charge in [0, 0.05) is 16.7 Å². The van der Waals surface area contributed by atoms with Gasteiger partial charge in [-0.2, -0.15) is 0 Å². The highest BCUT2D eigenvalue weighted by atomic mass is 79.9. The SMILES string of the molecule is Brc1ccc(-n2c(NCC3CC3)nc3ccccc32)cc1. The van der Waals surface area contributed by atoms with Gasteiger partial charge >= 0.3 is 0 Å². The van der Waals surface area contributed by atoms with Crippen molar-refractivity contribution < 1.29 is 0 Å². The van der Waals surface area contributed by atoms with E-state index in [1.54, 1.807) is 0 Å². The molecule has 1 aromatic heterocycles. The first-order chi connectivity index (χ1) is 10.3. The second-order valence-corrected chi connectivity index (χ2v) is 6.48. The summed E-state index contributed by atoms with van der Waals surface area (Å²) < 4.78 is 3.28. The van der Waals surface area contributed by atoms with Crippen LogP contribution in [0, 0.1) is 5.92 Å². The van der Waals surface area contributed by atoms with Crippen molar-refractivity contribution in [3.63, 3.8) is 0 Å². The Labute approximate surface area is 132 Å². The van der Waals surface area contributed by atoms with E-state index in [2.05, 4.69) is 68.3 Å². The Bertz CT molecular complexity index is 772. The minimum atomic E-state index is 0.822. The monoisotopic (exact) mass is 341 g/mol. The molecule has 106 valence electrons. The van der Waals surface area contributed by atoms with Gasteiger partial charge in [0.2, 0.25) is 5.95 Å². The first kappa shape index (κ1) is 12.9. The molecule has 21 heavy (non-hydrogen) atoms. The van der Waals surface area contributed by atoms with E-state index in [0.29, 0.717) is 0 Å². The highest BCUT2D eigenvalue weighted by molar-refractivity contribution is 9.10. The Balaban J connectivity index is 1.82. The lowest BCUT2D eigenvalue weighted by atomic mass is 10.3. The zero-order valence-electron chi connectivity index (χ0n) is 11.6. The van der Waals surface area contributed by atoms with Crippen molar-refractivity contribution in [2.24, 2.45) is 5.92 Å². The van der Waals surface area contributed by atoms with Crippen LogP contribution in [-0.4, -0.2) is 16.1 Å². The smallest absolute Gasteiger partial charge is 0.208 e. The summed E-state index contributed by atoms with van der Waals surface area (Å²) in [5.74, 6) is 1.76. The largest absolute Gasteiger partial charge is 0.355 e. The topological polar surface area (TPSA) is 29.9 Å². The van der Waals surface area contributed by atoms with Crippen molar-refractivity contribution in [1.82, 2.24) is 9.55 Å². The predicted molar refractivity (Wildman–Crippen MR) is 90.0 cm³/mol. The van der Waals surface area contributed by atoms with E-state index in [4.69, 9.17) is 4.98 Å². The highest BCUT2D eigenvalue weighted by Gasteiger charge is 2.22. The molecule has 1 saturated carbocycles. The van der Waals surface area contributed by atoms with E-state index in [1.807, 2.05) is 6.07 Å². The molecule has 3 nitrogen and oxygen atoms in total. The fraction of sp³-hybridized carbons (Fsp3) is 0.235. The maximum absolute atomic E-state index is 4.75. The number of hydrogen-bond acceptors (Lipinski definition) is 2. The maximum atomic E-state index is 4.75. The van der Waals surface area contributed by atoms with Gasteiger partial charge in [-0.05, 0) is 55.2 Å². The highest BCUT2D eigenvalue weighted by Crippen LogP contribution is 2.30. The van der Waals surface area contributed by atoms with E-state index in [-0.39, 0.29) is 0 Å². The molecule has 0 aliphatic heterocycles. The Hall–Kier alpha value is -1.81. The molecule has 2 aromatic carbocycles. The summed E-state index contributed by atoms with van der Waals surface area (Å²) in [6, 6.07) is 16.6. The van der Waals surface area contributed by atoms with Crippen LogP contribution in [0.3, 0.4) is 0 Å². The van der Waals surface area contributed by atoms with Crippen molar-refractivity contribution in [1.29, 1.82) is 0 Å². The summed E-state index contributed by atoms with van der Waals surface area (Å²) in [6.45, 7) is 1.01. The molecule has 0 atom stereocenters. The number of rotatable bonds is 4. The molecule has 1 N–H and O–H groups in total. The number of nitrogens with one attached hydrogen (secondary N) is 1. The summed E-state index contributed by atoms with van der Waals surface area (Å²) in [6.07, 6.45) is 2.68. The molecule has 0 saturated heterocycles. The third kappa shape index (κ3) is 2.56. The van der Waals surface area contributed by atoms with Gasteiger partial charge in [-0.3, -0.25) is 4.57 Å². The fourth-order valence-electron chi connectivity index (χ4n) is 2.55. The summed E-state index contributed by atoms with van der Waals surface area (Å²) in [5, 5.41) is 3.52. The van der Waals surface area contributed by atoms with Crippen LogP contribution < -0.4 is 5.32 Å². The van der Waals surface area contributed by atoms with E-state index < -0.39 is 0 Å². The van der Waals surface area contributed by atoms with Crippen LogP contribution in [0.25, 0.3) is 16.7 Å². The number of anilines is 1. The van der Waals surface area contributed by atoms with Crippen molar-refractivity contribution in [2.45, 2.75) is 12.8 Å². The Morgan fingerprint density at radius 1 is 1.10 bits per heavy atom. The summed E-state index contributed by atoms with van der Waals surface area (Å²) in [7, 11) is 0. The number of fused-ring (bicyclic) bond motifs is 1. The minimum absolute atomic E-state index is 0.822. The fourth-order valence-corrected chi connectivity index (χ4v) is 2.82. The second-order valence-electron chi connectivity index (χ2n) is 5.56. The average Bonchev–Trinajstić information content (AvgIpc) is 3.26. The molecule has 1 aliphatic rings. The number of benzene rings is 2. The van der Waals surface area contributed by atoms with Gasteiger partial charge in [0.15, 0.2) is 0 Å². The van der Waals surface area contributed by atoms with E-state index >= 15 is 0 Å². The standard InChI is InChI=1S/C17H16BrN3/c18-13-7-9-14(10-8-13)21-16-4-2-1-3-15(16)20-17(21)19-11-12-5-6-12/h1-4,7-10,12H,5-6,11H2,(H,19,20). The molecule has 3 aromatic rings. The lowest BCUT2D eigenvalue weighted by Gasteiger charge is -2.10. The van der Waals surface area contributed by atoms with Gasteiger partial charge < -0.3 is 5.32 Å². The summed E-state index contributed by atoms with van der Waals surface area (Å²) in [5.41, 5.74) is 3.29. The van der Waals surface area contributed by atoms with Crippen molar-refractivity contribution in [2.75, 3.05) is 11.9 Å². The van der Waals surface area contributed by atoms with Crippen LogP contribution >= 0.6 is 15.9 Å². The third-order valence-corrected chi connectivity index (χ3v) is 4.42. The molecule has 0 bridgehead atoms. The predicted octanol–water partition coefficient (Wildman–Crippen LogP) is 4.61. The lowest BCUT2D eigenvalue weighted by Crippen LogP contribution is -2.09. The first-order valence-corrected chi connectivity index (χ1v) is 8.08. The average molecular weight is 342 g/mol. The normalized spacial score (nSPS) is 14.5. The number of aromatic nitrogens is 2. The van der Waals surface area contributed by atoms with Crippen LogP contribution in [0.2, 0.25) is 0 Å². The van der Waals surface area contributed by atoms with Crippen LogP contribution in [0.5, 0.6) is 0 Å². The van der Waals surface area contributed by atoms with Crippen molar-refractivity contribution in [3.05, 3.63) is 53.0 Å². The number of nitrogens with zero attached hydrogens (tertiary/aromatic N) is 2. The molecule has 0 unspecified atom stereocenters. The molecule has 1 fully saturated rings. The number of imidazole rings is 1. The third-order valence-electron chi connectivity index (χ3n) is 3.89. The van der Waals surface area contributed by atoms with Gasteiger partial charge in [-0.15, -0.1) is 0 Å². The lowest BCUT2D eigenvalue weighted by molar-refractivity contribution is 0.869. The maximum Gasteiger partial charge on any atom is 0.208 e. The zero-order chi connectivity index (χ0) is 14.2. The molecule has 0 spiro atoms. The van der Waals surface area contributed by atoms with Gasteiger partial charge in [0.25, 0.3) is 0 Å². The van der Waals surface area contributed by atoms with Gasteiger partial charge in [-0.25, -0.2) is 4.98 Å². The first-order valence-electron chi connectivity index (χ1n) is 7.28. The van der Waals surface area contributed by atoms with Gasteiger partial charge in [0.1, 0.15) is 0 Å². The van der Waals surface area contributed by atoms with Gasteiger partial charge in [0.05, 0.1) is 11.0 Å². The van der Waals surface area contributed by atoms with Crippen molar-refractivity contribution in [3.8, 4) is 5.69 Å². The molecular weight excluding hydrogens is 326 g/mol. The molecule has 1 heterocycles. The molecule has 0 radical (unpaired) electrons. The quantitative estimate of drug-likeness (QED) is 0.750. The van der Waals surface area contributed by atoms with E-state index in [0.717, 1.165) is 39.6 Å². The summed E-state index contributed by atoms with van der Waals surface area (Å²) in [4.78, 5) is 4.75. The molecular formula is C17H16BrN3. The number of para-hydroxylation sites is 2. The molecule has 4 heteroatoms. The van der Waals surface area contributed by atoms with Crippen LogP contribution in [-0.2, 0) is 0 Å². The van der Waals surface area contributed by atoms with Crippen LogP contribution in [0.4, 0.5) is 5.95 Å².